The van der Waals surface area contributed by atoms with Gasteiger partial charge in [0.2, 0.25) is 0 Å². The van der Waals surface area contributed by atoms with E-state index in [1.54, 1.807) is 30.3 Å². The number of nitrogens with two attached hydrogens (primary N) is 1. The Bertz CT molecular complexity index is 364. The van der Waals surface area contributed by atoms with E-state index in [-0.39, 0.29) is 10.6 Å². The second-order valence-electron chi connectivity index (χ2n) is 3.10. The molecule has 2 N–H and O–H groups in total. The number of hydrogen-bond acceptors (Lipinski definition) is 5. The van der Waals surface area contributed by atoms with Crippen molar-refractivity contribution in [2.24, 2.45) is 5.73 Å². The molecule has 0 spiro atoms. The average Bonchev–Trinajstić information content (AvgIpc) is 2.42. The lowest BCUT2D eigenvalue weighted by Gasteiger charge is -2.01. The number of nitrogens with zero attached hydrogens (tertiary/aromatic N) is 3. The van der Waals surface area contributed by atoms with Gasteiger partial charge in [-0.2, -0.15) is 5.10 Å². The molecule has 7 heteroatoms. The molecule has 6 nitrogen and oxygen atoms in total. The third kappa shape index (κ3) is 2.69. The minimum absolute atomic E-state index is 0.114. The summed E-state index contributed by atoms with van der Waals surface area (Å²) in [5.74, 6) is 1.43. The zero-order valence-electron chi connectivity index (χ0n) is 8.77. The highest BCUT2D eigenvalue weighted by molar-refractivity contribution is 7.98. The van der Waals surface area contributed by atoms with Crippen molar-refractivity contribution in [3.8, 4) is 0 Å². The van der Waals surface area contributed by atoms with Gasteiger partial charge in [-0.1, -0.05) is 0 Å². The highest BCUT2D eigenvalue weighted by Crippen LogP contribution is 2.22. The lowest BCUT2D eigenvalue weighted by atomic mass is 10.3. The monoisotopic (exact) mass is 230 g/mol. The molecule has 0 unspecified atom stereocenters. The van der Waals surface area contributed by atoms with Gasteiger partial charge in [0.1, 0.15) is 11.4 Å². The molecular weight excluding hydrogens is 216 g/mol. The molecule has 15 heavy (non-hydrogen) atoms. The molecule has 1 heterocycles. The van der Waals surface area contributed by atoms with Crippen LogP contribution in [-0.2, 0) is 5.88 Å². The quantitative estimate of drug-likeness (QED) is 0.464. The van der Waals surface area contributed by atoms with Crippen LogP contribution in [0.5, 0.6) is 0 Å². The summed E-state index contributed by atoms with van der Waals surface area (Å²) in [7, 11) is 0. The molecule has 0 fully saturated rings. The molecule has 0 atom stereocenters. The SMILES string of the molecule is Cc1nn(CSCCN)c(C)c1[N+](=O)[O-]. The van der Waals surface area contributed by atoms with Crippen molar-refractivity contribution in [2.75, 3.05) is 12.3 Å². The third-order valence-corrected chi connectivity index (χ3v) is 2.95. The first-order chi connectivity index (χ1) is 7.07. The molecule has 1 aromatic heterocycles. The summed E-state index contributed by atoms with van der Waals surface area (Å²) in [5, 5.41) is 14.8. The maximum Gasteiger partial charge on any atom is 0.312 e. The molecule has 0 aliphatic heterocycles. The highest BCUT2D eigenvalue weighted by Gasteiger charge is 2.21. The zero-order valence-corrected chi connectivity index (χ0v) is 9.58. The van der Waals surface area contributed by atoms with Gasteiger partial charge >= 0.3 is 5.69 Å². The summed E-state index contributed by atoms with van der Waals surface area (Å²) in [6.07, 6.45) is 0. The first-order valence-electron chi connectivity index (χ1n) is 4.54. The molecule has 84 valence electrons. The van der Waals surface area contributed by atoms with Crippen molar-refractivity contribution in [3.05, 3.63) is 21.5 Å². The Kier molecular flexibility index (Phi) is 4.10. The van der Waals surface area contributed by atoms with E-state index in [9.17, 15) is 10.1 Å². The van der Waals surface area contributed by atoms with Crippen molar-refractivity contribution in [2.45, 2.75) is 19.7 Å². The fourth-order valence-corrected chi connectivity index (χ4v) is 2.03. The highest BCUT2D eigenvalue weighted by atomic mass is 32.2. The maximum atomic E-state index is 10.7. The van der Waals surface area contributed by atoms with Crippen LogP contribution in [0.3, 0.4) is 0 Å². The second kappa shape index (κ2) is 5.13. The first kappa shape index (κ1) is 12.0. The Morgan fingerprint density at radius 3 is 2.73 bits per heavy atom. The first-order valence-corrected chi connectivity index (χ1v) is 5.69. The summed E-state index contributed by atoms with van der Waals surface area (Å²) in [4.78, 5) is 10.3. The summed E-state index contributed by atoms with van der Waals surface area (Å²) < 4.78 is 1.65. The normalized spacial score (nSPS) is 10.6. The van der Waals surface area contributed by atoms with Gasteiger partial charge in [-0.3, -0.25) is 14.8 Å². The third-order valence-electron chi connectivity index (χ3n) is 2.00. The minimum atomic E-state index is -0.387. The minimum Gasteiger partial charge on any atom is -0.330 e. The predicted octanol–water partition coefficient (Wildman–Crippen LogP) is 1.06. The van der Waals surface area contributed by atoms with Crippen LogP contribution in [0.15, 0.2) is 0 Å². The Morgan fingerprint density at radius 2 is 2.27 bits per heavy atom. The molecule has 0 radical (unpaired) electrons. The smallest absolute Gasteiger partial charge is 0.312 e. The number of aryl methyl sites for hydroxylation is 1. The standard InChI is InChI=1S/C8H14N4O2S/c1-6-8(12(13)14)7(2)11(10-6)5-15-4-3-9/h3-5,9H2,1-2H3. The fraction of sp³-hybridized carbons (Fsp3) is 0.625. The van der Waals surface area contributed by atoms with Crippen molar-refractivity contribution >= 4 is 17.4 Å². The molecule has 0 aromatic carbocycles. The molecule has 0 aliphatic rings. The molecule has 0 amide bonds. The molecule has 1 aromatic rings. The van der Waals surface area contributed by atoms with Crippen LogP contribution < -0.4 is 5.73 Å². The van der Waals surface area contributed by atoms with Crippen molar-refractivity contribution < 1.29 is 4.92 Å². The molecule has 0 aliphatic carbocycles. The molecule has 0 bridgehead atoms. The summed E-state index contributed by atoms with van der Waals surface area (Å²) in [5.41, 5.74) is 6.53. The molecule has 0 saturated carbocycles. The second-order valence-corrected chi connectivity index (χ2v) is 4.18. The topological polar surface area (TPSA) is 87.0 Å². The molecular formula is C8H14N4O2S. The van der Waals surface area contributed by atoms with Crippen LogP contribution in [0, 0.1) is 24.0 Å². The Balaban J connectivity index is 2.82. The molecule has 0 saturated heterocycles. The van der Waals surface area contributed by atoms with Crippen LogP contribution in [0.25, 0.3) is 0 Å². The van der Waals surface area contributed by atoms with Gasteiger partial charge in [0, 0.05) is 12.3 Å². The van der Waals surface area contributed by atoms with E-state index in [0.29, 0.717) is 23.8 Å². The lowest BCUT2D eigenvalue weighted by molar-refractivity contribution is -0.386. The number of nitro groups is 1. The predicted molar refractivity (Wildman–Crippen MR) is 59.9 cm³/mol. The van der Waals surface area contributed by atoms with Gasteiger partial charge in [0.05, 0.1) is 10.8 Å². The number of aromatic nitrogens is 2. The van der Waals surface area contributed by atoms with Crippen LogP contribution >= 0.6 is 11.8 Å². The zero-order chi connectivity index (χ0) is 11.4. The van der Waals surface area contributed by atoms with Crippen LogP contribution in [0.2, 0.25) is 0 Å². The van der Waals surface area contributed by atoms with E-state index in [2.05, 4.69) is 5.10 Å². The van der Waals surface area contributed by atoms with Crippen molar-refractivity contribution in [3.63, 3.8) is 0 Å². The number of hydrogen-bond donors (Lipinski definition) is 1. The molecule has 1 rings (SSSR count). The van der Waals surface area contributed by atoms with Crippen molar-refractivity contribution in [1.82, 2.24) is 9.78 Å². The van der Waals surface area contributed by atoms with Gasteiger partial charge in [-0.15, -0.1) is 11.8 Å². The number of rotatable bonds is 5. The van der Waals surface area contributed by atoms with Gasteiger partial charge in [0.15, 0.2) is 0 Å². The van der Waals surface area contributed by atoms with E-state index in [0.717, 1.165) is 5.75 Å². The van der Waals surface area contributed by atoms with Gasteiger partial charge in [0.25, 0.3) is 0 Å². The maximum absolute atomic E-state index is 10.7. The number of thioether (sulfide) groups is 1. The van der Waals surface area contributed by atoms with Gasteiger partial charge in [-0.05, 0) is 13.8 Å². The van der Waals surface area contributed by atoms with E-state index >= 15 is 0 Å². The Labute approximate surface area is 92.0 Å². The van der Waals surface area contributed by atoms with Crippen LogP contribution in [0.4, 0.5) is 5.69 Å². The summed E-state index contributed by atoms with van der Waals surface area (Å²) >= 11 is 1.61. The fourth-order valence-electron chi connectivity index (χ4n) is 1.31. The Morgan fingerprint density at radius 1 is 1.60 bits per heavy atom. The van der Waals surface area contributed by atoms with Gasteiger partial charge < -0.3 is 5.73 Å². The average molecular weight is 230 g/mol. The summed E-state index contributed by atoms with van der Waals surface area (Å²) in [6, 6.07) is 0. The largest absolute Gasteiger partial charge is 0.330 e. The van der Waals surface area contributed by atoms with Gasteiger partial charge in [-0.25, -0.2) is 0 Å². The van der Waals surface area contributed by atoms with E-state index in [4.69, 9.17) is 5.73 Å². The van der Waals surface area contributed by atoms with E-state index in [1.165, 1.54) is 0 Å². The van der Waals surface area contributed by atoms with Crippen molar-refractivity contribution in [1.29, 1.82) is 0 Å². The summed E-state index contributed by atoms with van der Waals surface area (Å²) in [6.45, 7) is 3.96. The van der Waals surface area contributed by atoms with E-state index in [1.807, 2.05) is 0 Å². The Hall–Kier alpha value is -1.08. The van der Waals surface area contributed by atoms with E-state index < -0.39 is 0 Å². The van der Waals surface area contributed by atoms with Crippen LogP contribution in [-0.4, -0.2) is 27.0 Å². The lowest BCUT2D eigenvalue weighted by Crippen LogP contribution is -2.05. The van der Waals surface area contributed by atoms with Crippen LogP contribution in [0.1, 0.15) is 11.4 Å².